The molecule has 21 heavy (non-hydrogen) atoms. The maximum atomic E-state index is 12.1. The van der Waals surface area contributed by atoms with Crippen molar-refractivity contribution >= 4 is 23.2 Å². The second-order valence-electron chi connectivity index (χ2n) is 5.11. The number of benzene rings is 1. The fourth-order valence-corrected chi connectivity index (χ4v) is 2.56. The molecule has 1 aromatic carbocycles. The standard InChI is InChI=1S/C16H17ClN2O2/c1-10-7-12(3)15(13(17)8-10)18-14(20)9-19-6-4-5-11(2)16(19)21/h4-8H,9H2,1-3H3,(H,18,20). The van der Waals surface area contributed by atoms with Crippen LogP contribution in [-0.4, -0.2) is 10.5 Å². The van der Waals surface area contributed by atoms with Crippen LogP contribution >= 0.6 is 11.6 Å². The van der Waals surface area contributed by atoms with Crippen molar-refractivity contribution in [3.63, 3.8) is 0 Å². The highest BCUT2D eigenvalue weighted by molar-refractivity contribution is 6.34. The fraction of sp³-hybridized carbons (Fsp3) is 0.250. The van der Waals surface area contributed by atoms with Crippen LogP contribution in [0.15, 0.2) is 35.3 Å². The highest BCUT2D eigenvalue weighted by Gasteiger charge is 2.11. The van der Waals surface area contributed by atoms with E-state index in [-0.39, 0.29) is 18.0 Å². The van der Waals surface area contributed by atoms with E-state index in [1.807, 2.05) is 19.9 Å². The minimum Gasteiger partial charge on any atom is -0.323 e. The monoisotopic (exact) mass is 304 g/mol. The molecule has 0 bridgehead atoms. The van der Waals surface area contributed by atoms with Gasteiger partial charge in [-0.05, 0) is 44.0 Å². The molecule has 0 radical (unpaired) electrons. The highest BCUT2D eigenvalue weighted by Crippen LogP contribution is 2.27. The zero-order chi connectivity index (χ0) is 15.6. The third-order valence-corrected chi connectivity index (χ3v) is 3.52. The molecule has 0 atom stereocenters. The number of carbonyl (C=O) groups is 1. The van der Waals surface area contributed by atoms with Gasteiger partial charge in [-0.25, -0.2) is 0 Å². The molecule has 5 heteroatoms. The van der Waals surface area contributed by atoms with Gasteiger partial charge in [-0.1, -0.05) is 23.7 Å². The van der Waals surface area contributed by atoms with Gasteiger partial charge in [0.15, 0.2) is 0 Å². The lowest BCUT2D eigenvalue weighted by Crippen LogP contribution is -2.28. The molecule has 0 spiro atoms. The van der Waals surface area contributed by atoms with Gasteiger partial charge in [0, 0.05) is 11.8 Å². The third-order valence-electron chi connectivity index (χ3n) is 3.22. The lowest BCUT2D eigenvalue weighted by Gasteiger charge is -2.12. The van der Waals surface area contributed by atoms with E-state index in [4.69, 9.17) is 11.6 Å². The minimum absolute atomic E-state index is 0.0375. The number of anilines is 1. The average Bonchev–Trinajstić information content (AvgIpc) is 2.39. The number of nitrogens with zero attached hydrogens (tertiary/aromatic N) is 1. The Balaban J connectivity index is 2.20. The second kappa shape index (κ2) is 6.14. The van der Waals surface area contributed by atoms with E-state index in [9.17, 15) is 9.59 Å². The van der Waals surface area contributed by atoms with Gasteiger partial charge in [0.1, 0.15) is 6.54 Å². The number of pyridine rings is 1. The summed E-state index contributed by atoms with van der Waals surface area (Å²) in [4.78, 5) is 24.0. The Kier molecular flexibility index (Phi) is 4.48. The van der Waals surface area contributed by atoms with Crippen LogP contribution in [0.25, 0.3) is 0 Å². The number of rotatable bonds is 3. The molecule has 110 valence electrons. The molecule has 0 aliphatic rings. The molecule has 1 amide bonds. The van der Waals surface area contributed by atoms with Gasteiger partial charge in [0.25, 0.3) is 5.56 Å². The topological polar surface area (TPSA) is 51.1 Å². The van der Waals surface area contributed by atoms with Gasteiger partial charge < -0.3 is 9.88 Å². The van der Waals surface area contributed by atoms with Crippen molar-refractivity contribution in [2.75, 3.05) is 5.32 Å². The summed E-state index contributed by atoms with van der Waals surface area (Å²) in [6, 6.07) is 7.20. The van der Waals surface area contributed by atoms with Gasteiger partial charge in [-0.15, -0.1) is 0 Å². The van der Waals surface area contributed by atoms with Crippen molar-refractivity contribution in [2.45, 2.75) is 27.3 Å². The fourth-order valence-electron chi connectivity index (χ4n) is 2.19. The molecule has 1 aromatic heterocycles. The van der Waals surface area contributed by atoms with E-state index >= 15 is 0 Å². The summed E-state index contributed by atoms with van der Waals surface area (Å²) in [6.45, 7) is 5.51. The summed E-state index contributed by atoms with van der Waals surface area (Å²) in [6.07, 6.45) is 1.60. The third kappa shape index (κ3) is 3.52. The van der Waals surface area contributed by atoms with Gasteiger partial charge in [0.2, 0.25) is 5.91 Å². The Morgan fingerprint density at radius 3 is 2.62 bits per heavy atom. The second-order valence-corrected chi connectivity index (χ2v) is 5.52. The molecule has 0 unspecified atom stereocenters. The summed E-state index contributed by atoms with van der Waals surface area (Å²) in [7, 11) is 0. The van der Waals surface area contributed by atoms with Crippen LogP contribution in [0.4, 0.5) is 5.69 Å². The lowest BCUT2D eigenvalue weighted by molar-refractivity contribution is -0.116. The van der Waals surface area contributed by atoms with Crippen LogP contribution in [0.5, 0.6) is 0 Å². The molecule has 0 saturated carbocycles. The van der Waals surface area contributed by atoms with E-state index in [2.05, 4.69) is 5.32 Å². The number of hydrogen-bond acceptors (Lipinski definition) is 2. The molecule has 4 nitrogen and oxygen atoms in total. The normalized spacial score (nSPS) is 10.5. The number of nitrogens with one attached hydrogen (secondary N) is 1. The zero-order valence-corrected chi connectivity index (χ0v) is 13.0. The van der Waals surface area contributed by atoms with E-state index in [1.54, 1.807) is 31.3 Å². The molecule has 2 aromatic rings. The lowest BCUT2D eigenvalue weighted by atomic mass is 10.1. The summed E-state index contributed by atoms with van der Waals surface area (Å²) < 4.78 is 1.38. The first-order chi connectivity index (χ1) is 9.88. The van der Waals surface area contributed by atoms with Gasteiger partial charge in [-0.3, -0.25) is 9.59 Å². The summed E-state index contributed by atoms with van der Waals surface area (Å²) >= 11 is 6.16. The maximum absolute atomic E-state index is 12.1. The van der Waals surface area contributed by atoms with Crippen LogP contribution in [0, 0.1) is 20.8 Å². The largest absolute Gasteiger partial charge is 0.323 e. The Labute approximate surface area is 128 Å². The van der Waals surface area contributed by atoms with E-state index in [1.165, 1.54) is 4.57 Å². The quantitative estimate of drug-likeness (QED) is 0.947. The molecule has 0 saturated heterocycles. The highest BCUT2D eigenvalue weighted by atomic mass is 35.5. The number of aryl methyl sites for hydroxylation is 3. The van der Waals surface area contributed by atoms with Crippen molar-refractivity contribution in [3.8, 4) is 0 Å². The Morgan fingerprint density at radius 2 is 1.95 bits per heavy atom. The number of amides is 1. The molecule has 0 aliphatic heterocycles. The summed E-state index contributed by atoms with van der Waals surface area (Å²) in [5.41, 5.74) is 2.96. The van der Waals surface area contributed by atoms with Crippen molar-refractivity contribution in [2.24, 2.45) is 0 Å². The van der Waals surface area contributed by atoms with E-state index in [0.29, 0.717) is 16.3 Å². The molecular weight excluding hydrogens is 288 g/mol. The van der Waals surface area contributed by atoms with Crippen molar-refractivity contribution < 1.29 is 4.79 Å². The van der Waals surface area contributed by atoms with E-state index < -0.39 is 0 Å². The first kappa shape index (κ1) is 15.3. The molecule has 2 rings (SSSR count). The van der Waals surface area contributed by atoms with Gasteiger partial charge >= 0.3 is 0 Å². The van der Waals surface area contributed by atoms with Crippen molar-refractivity contribution in [3.05, 3.63) is 62.5 Å². The van der Waals surface area contributed by atoms with Crippen molar-refractivity contribution in [1.82, 2.24) is 4.57 Å². The molecule has 0 fully saturated rings. The van der Waals surface area contributed by atoms with Crippen LogP contribution in [0.2, 0.25) is 5.02 Å². The zero-order valence-electron chi connectivity index (χ0n) is 12.2. The number of aromatic nitrogens is 1. The van der Waals surface area contributed by atoms with Gasteiger partial charge in [0.05, 0.1) is 10.7 Å². The predicted molar refractivity (Wildman–Crippen MR) is 85.0 cm³/mol. The SMILES string of the molecule is Cc1cc(C)c(NC(=O)Cn2cccc(C)c2=O)c(Cl)c1. The summed E-state index contributed by atoms with van der Waals surface area (Å²) in [5, 5.41) is 3.27. The smallest absolute Gasteiger partial charge is 0.253 e. The molecular formula is C16H17ClN2O2. The number of hydrogen-bond donors (Lipinski definition) is 1. The van der Waals surface area contributed by atoms with E-state index in [0.717, 1.165) is 11.1 Å². The van der Waals surface area contributed by atoms with Crippen LogP contribution < -0.4 is 10.9 Å². The molecule has 1 N–H and O–H groups in total. The first-order valence-electron chi connectivity index (χ1n) is 6.61. The Bertz CT molecular complexity index is 727. The number of carbonyl (C=O) groups excluding carboxylic acids is 1. The number of halogens is 1. The molecule has 1 heterocycles. The predicted octanol–water partition coefficient (Wildman–Crippen LogP) is 3.07. The van der Waals surface area contributed by atoms with Crippen LogP contribution in [0.3, 0.4) is 0 Å². The maximum Gasteiger partial charge on any atom is 0.253 e. The molecule has 0 aliphatic carbocycles. The average molecular weight is 305 g/mol. The Hall–Kier alpha value is -2.07. The minimum atomic E-state index is -0.281. The van der Waals surface area contributed by atoms with Gasteiger partial charge in [-0.2, -0.15) is 0 Å². The first-order valence-corrected chi connectivity index (χ1v) is 6.99. The van der Waals surface area contributed by atoms with Crippen LogP contribution in [-0.2, 0) is 11.3 Å². The summed E-state index contributed by atoms with van der Waals surface area (Å²) in [5.74, 6) is -0.281. The van der Waals surface area contributed by atoms with Crippen LogP contribution in [0.1, 0.15) is 16.7 Å². The Morgan fingerprint density at radius 1 is 1.24 bits per heavy atom. The van der Waals surface area contributed by atoms with Crippen molar-refractivity contribution in [1.29, 1.82) is 0 Å².